The van der Waals surface area contributed by atoms with E-state index in [4.69, 9.17) is 0 Å². The van der Waals surface area contributed by atoms with Crippen LogP contribution in [0.5, 0.6) is 0 Å². The van der Waals surface area contributed by atoms with Crippen LogP contribution < -0.4 is 0 Å². The summed E-state index contributed by atoms with van der Waals surface area (Å²) in [6, 6.07) is 9.72. The smallest absolute Gasteiger partial charge is 0.337 e. The number of methoxy groups -OCH3 is 1. The highest BCUT2D eigenvalue weighted by Crippen LogP contribution is 2.29. The summed E-state index contributed by atoms with van der Waals surface area (Å²) >= 11 is 0. The van der Waals surface area contributed by atoms with Crippen LogP contribution in [0.3, 0.4) is 0 Å². The number of nitrogens with zero attached hydrogens (tertiary/aromatic N) is 2. The number of aliphatic hydroxyl groups excluding tert-OH is 1. The Morgan fingerprint density at radius 3 is 2.28 bits per heavy atom. The molecular formula is C18H16N2O5. The number of rotatable bonds is 4. The van der Waals surface area contributed by atoms with Gasteiger partial charge in [0.05, 0.1) is 41.2 Å². The summed E-state index contributed by atoms with van der Waals surface area (Å²) in [7, 11) is 1.26. The molecule has 2 aromatic carbocycles. The number of para-hydroxylation sites is 2. The highest BCUT2D eigenvalue weighted by atomic mass is 16.5. The van der Waals surface area contributed by atoms with Gasteiger partial charge < -0.3 is 14.9 Å². The van der Waals surface area contributed by atoms with E-state index in [-0.39, 0.29) is 11.1 Å². The van der Waals surface area contributed by atoms with Gasteiger partial charge in [0, 0.05) is 5.56 Å². The van der Waals surface area contributed by atoms with E-state index < -0.39 is 24.0 Å². The molecule has 3 aromatic rings. The molecule has 0 radical (unpaired) electrons. The summed E-state index contributed by atoms with van der Waals surface area (Å²) in [5.74, 6) is -2.40. The first kappa shape index (κ1) is 16.8. The van der Waals surface area contributed by atoms with Crippen LogP contribution in [0.4, 0.5) is 0 Å². The molecule has 0 spiro atoms. The molecule has 0 unspecified atom stereocenters. The maximum atomic E-state index is 11.7. The SMILES string of the molecule is COC(=O)[C@H](C)[C@@H](O)c1cccc2nc3c(C(=O)O)cccc3nc12. The fourth-order valence-electron chi connectivity index (χ4n) is 2.74. The fourth-order valence-corrected chi connectivity index (χ4v) is 2.74. The molecule has 0 fully saturated rings. The highest BCUT2D eigenvalue weighted by molar-refractivity contribution is 6.02. The largest absolute Gasteiger partial charge is 0.478 e. The van der Waals surface area contributed by atoms with Crippen molar-refractivity contribution in [2.24, 2.45) is 5.92 Å². The maximum Gasteiger partial charge on any atom is 0.337 e. The Bertz CT molecular complexity index is 986. The Hall–Kier alpha value is -3.06. The van der Waals surface area contributed by atoms with Crippen LogP contribution in [0, 0.1) is 5.92 Å². The quantitative estimate of drug-likeness (QED) is 0.554. The molecule has 2 atom stereocenters. The normalized spacial score (nSPS) is 13.6. The van der Waals surface area contributed by atoms with E-state index >= 15 is 0 Å². The molecule has 2 N–H and O–H groups in total. The van der Waals surface area contributed by atoms with Gasteiger partial charge in [0.15, 0.2) is 0 Å². The van der Waals surface area contributed by atoms with E-state index in [1.165, 1.54) is 13.2 Å². The van der Waals surface area contributed by atoms with Gasteiger partial charge in [-0.25, -0.2) is 14.8 Å². The minimum absolute atomic E-state index is 0.0563. The first-order valence-electron chi connectivity index (χ1n) is 7.62. The first-order chi connectivity index (χ1) is 11.9. The predicted octanol–water partition coefficient (Wildman–Crippen LogP) is 2.32. The second-order valence-corrected chi connectivity index (χ2v) is 5.67. The van der Waals surface area contributed by atoms with Crippen LogP contribution in [0.2, 0.25) is 0 Å². The average Bonchev–Trinajstić information content (AvgIpc) is 2.63. The van der Waals surface area contributed by atoms with Crippen molar-refractivity contribution >= 4 is 34.0 Å². The number of carboxylic acid groups (broad SMARTS) is 1. The molecule has 128 valence electrons. The van der Waals surface area contributed by atoms with Crippen LogP contribution >= 0.6 is 0 Å². The lowest BCUT2D eigenvalue weighted by Crippen LogP contribution is -2.21. The maximum absolute atomic E-state index is 11.7. The van der Waals surface area contributed by atoms with Gasteiger partial charge in [-0.05, 0) is 25.1 Å². The zero-order valence-corrected chi connectivity index (χ0v) is 13.6. The van der Waals surface area contributed by atoms with Crippen molar-refractivity contribution < 1.29 is 24.5 Å². The van der Waals surface area contributed by atoms with Gasteiger partial charge in [-0.15, -0.1) is 0 Å². The van der Waals surface area contributed by atoms with Crippen LogP contribution in [0.25, 0.3) is 22.1 Å². The van der Waals surface area contributed by atoms with Crippen molar-refractivity contribution in [2.45, 2.75) is 13.0 Å². The summed E-state index contributed by atoms with van der Waals surface area (Å²) < 4.78 is 4.68. The number of hydrogen-bond donors (Lipinski definition) is 2. The van der Waals surface area contributed by atoms with Crippen molar-refractivity contribution in [3.63, 3.8) is 0 Å². The number of aromatic carboxylic acids is 1. The Labute approximate surface area is 142 Å². The molecule has 0 aliphatic carbocycles. The van der Waals surface area contributed by atoms with Crippen molar-refractivity contribution in [2.75, 3.05) is 7.11 Å². The third kappa shape index (κ3) is 2.89. The van der Waals surface area contributed by atoms with E-state index in [9.17, 15) is 19.8 Å². The van der Waals surface area contributed by atoms with Crippen molar-refractivity contribution in [1.29, 1.82) is 0 Å². The minimum Gasteiger partial charge on any atom is -0.478 e. The van der Waals surface area contributed by atoms with Gasteiger partial charge in [-0.1, -0.05) is 18.2 Å². The molecule has 25 heavy (non-hydrogen) atoms. The Morgan fingerprint density at radius 1 is 1.04 bits per heavy atom. The van der Waals surface area contributed by atoms with Gasteiger partial charge in [-0.2, -0.15) is 0 Å². The number of aliphatic hydroxyl groups is 1. The molecule has 0 amide bonds. The zero-order chi connectivity index (χ0) is 18.1. The highest BCUT2D eigenvalue weighted by Gasteiger charge is 2.26. The molecule has 1 aromatic heterocycles. The lowest BCUT2D eigenvalue weighted by atomic mass is 9.96. The second-order valence-electron chi connectivity index (χ2n) is 5.67. The van der Waals surface area contributed by atoms with E-state index in [1.807, 2.05) is 0 Å². The van der Waals surface area contributed by atoms with E-state index in [0.717, 1.165) is 0 Å². The lowest BCUT2D eigenvalue weighted by Gasteiger charge is -2.18. The van der Waals surface area contributed by atoms with Crippen molar-refractivity contribution in [1.82, 2.24) is 9.97 Å². The summed E-state index contributed by atoms with van der Waals surface area (Å²) in [6.45, 7) is 1.56. The van der Waals surface area contributed by atoms with E-state index in [0.29, 0.717) is 22.1 Å². The number of esters is 1. The Morgan fingerprint density at radius 2 is 1.64 bits per heavy atom. The fraction of sp³-hybridized carbons (Fsp3) is 0.222. The summed E-state index contributed by atoms with van der Waals surface area (Å²) in [6.07, 6.45) is -1.12. The summed E-state index contributed by atoms with van der Waals surface area (Å²) in [4.78, 5) is 31.9. The van der Waals surface area contributed by atoms with Gasteiger partial charge in [0.25, 0.3) is 0 Å². The van der Waals surface area contributed by atoms with Gasteiger partial charge >= 0.3 is 11.9 Å². The minimum atomic E-state index is -1.12. The number of carbonyl (C=O) groups is 2. The summed E-state index contributed by atoms with van der Waals surface area (Å²) in [5, 5.41) is 19.8. The third-order valence-corrected chi connectivity index (χ3v) is 4.12. The molecule has 7 heteroatoms. The number of fused-ring (bicyclic) bond motifs is 2. The molecule has 0 aliphatic rings. The number of carbonyl (C=O) groups excluding carboxylic acids is 1. The Kier molecular flexibility index (Phi) is 4.33. The second kappa shape index (κ2) is 6.45. The first-order valence-corrected chi connectivity index (χ1v) is 7.62. The van der Waals surface area contributed by atoms with Crippen LogP contribution in [0.15, 0.2) is 36.4 Å². The number of hydrogen-bond acceptors (Lipinski definition) is 6. The van der Waals surface area contributed by atoms with Crippen LogP contribution in [0.1, 0.15) is 28.9 Å². The standard InChI is InChI=1S/C18H16N2O5/c1-9(18(24)25-2)16(21)10-5-3-7-12-14(10)19-13-8-4-6-11(17(22)23)15(13)20-12/h3-9,16,21H,1-2H3,(H,22,23)/t9-,16-/m1/s1. The zero-order valence-electron chi connectivity index (χ0n) is 13.6. The monoisotopic (exact) mass is 340 g/mol. The third-order valence-electron chi connectivity index (χ3n) is 4.12. The number of carboxylic acids is 1. The van der Waals surface area contributed by atoms with Crippen molar-refractivity contribution in [3.05, 3.63) is 47.5 Å². The van der Waals surface area contributed by atoms with Gasteiger partial charge in [-0.3, -0.25) is 4.79 Å². The van der Waals surface area contributed by atoms with Gasteiger partial charge in [0.2, 0.25) is 0 Å². The van der Waals surface area contributed by atoms with E-state index in [2.05, 4.69) is 14.7 Å². The summed E-state index contributed by atoms with van der Waals surface area (Å²) in [5.41, 5.74) is 2.02. The number of aromatic nitrogens is 2. The molecule has 0 aliphatic heterocycles. The predicted molar refractivity (Wildman–Crippen MR) is 90.1 cm³/mol. The topological polar surface area (TPSA) is 110 Å². The average molecular weight is 340 g/mol. The Balaban J connectivity index is 2.22. The molecule has 1 heterocycles. The lowest BCUT2D eigenvalue weighted by molar-refractivity contribution is -0.148. The molecule has 0 bridgehead atoms. The van der Waals surface area contributed by atoms with Gasteiger partial charge in [0.1, 0.15) is 5.52 Å². The van der Waals surface area contributed by atoms with E-state index in [1.54, 1.807) is 37.3 Å². The van der Waals surface area contributed by atoms with Crippen LogP contribution in [-0.4, -0.2) is 39.2 Å². The number of ether oxygens (including phenoxy) is 1. The molecular weight excluding hydrogens is 324 g/mol. The molecule has 7 nitrogen and oxygen atoms in total. The van der Waals surface area contributed by atoms with Crippen LogP contribution in [-0.2, 0) is 9.53 Å². The van der Waals surface area contributed by atoms with Crippen molar-refractivity contribution in [3.8, 4) is 0 Å². The molecule has 0 saturated heterocycles. The number of benzene rings is 2. The molecule has 0 saturated carbocycles. The molecule has 3 rings (SSSR count).